The van der Waals surface area contributed by atoms with Gasteiger partial charge in [0.1, 0.15) is 11.4 Å². The van der Waals surface area contributed by atoms with Gasteiger partial charge in [-0.05, 0) is 31.7 Å². The Hall–Kier alpha value is -1.49. The molecule has 96 valence electrons. The van der Waals surface area contributed by atoms with Crippen LogP contribution in [0.1, 0.15) is 42.6 Å². The number of nitrogens with zero attached hydrogens (tertiary/aromatic N) is 1. The van der Waals surface area contributed by atoms with Crippen LogP contribution in [0.3, 0.4) is 0 Å². The maximum absolute atomic E-state index is 12.2. The lowest BCUT2D eigenvalue weighted by Crippen LogP contribution is -2.48. The van der Waals surface area contributed by atoms with Crippen LogP contribution in [0.5, 0.6) is 0 Å². The Labute approximate surface area is 109 Å². The van der Waals surface area contributed by atoms with Crippen molar-refractivity contribution in [2.45, 2.75) is 37.8 Å². The van der Waals surface area contributed by atoms with E-state index in [0.29, 0.717) is 0 Å². The van der Waals surface area contributed by atoms with E-state index in [1.165, 1.54) is 10.6 Å². The minimum Gasteiger partial charge on any atom is -0.394 e. The number of nitrogen functional groups attached to an aromatic ring is 1. The molecule has 1 amide bonds. The van der Waals surface area contributed by atoms with Gasteiger partial charge >= 0.3 is 0 Å². The SMILES string of the molecule is Nc1cc(Cl)c2n(c1=O)C1(CCCCC1)NC2=O. The van der Waals surface area contributed by atoms with E-state index in [2.05, 4.69) is 5.32 Å². The number of halogens is 1. The predicted molar refractivity (Wildman–Crippen MR) is 68.6 cm³/mol. The summed E-state index contributed by atoms with van der Waals surface area (Å²) in [5.41, 5.74) is 5.07. The maximum atomic E-state index is 12.2. The molecule has 0 unspecified atom stereocenters. The molecular formula is C12H14ClN3O2. The number of aromatic nitrogens is 1. The largest absolute Gasteiger partial charge is 0.394 e. The average molecular weight is 268 g/mol. The molecule has 1 fully saturated rings. The highest BCUT2D eigenvalue weighted by atomic mass is 35.5. The minimum atomic E-state index is -0.610. The zero-order valence-electron chi connectivity index (χ0n) is 9.83. The Kier molecular flexibility index (Phi) is 2.41. The van der Waals surface area contributed by atoms with Gasteiger partial charge < -0.3 is 11.1 Å². The first-order valence-corrected chi connectivity index (χ1v) is 6.47. The number of pyridine rings is 1. The zero-order chi connectivity index (χ0) is 12.9. The first-order chi connectivity index (χ1) is 8.55. The first kappa shape index (κ1) is 11.6. The predicted octanol–water partition coefficient (Wildman–Crippen LogP) is 1.44. The molecule has 1 spiro atoms. The van der Waals surface area contributed by atoms with E-state index < -0.39 is 5.66 Å². The number of amides is 1. The standard InChI is InChI=1S/C12H14ClN3O2/c13-7-6-8(14)11(18)16-9(7)10(17)15-12(16)4-2-1-3-5-12/h6H,1-5,14H2,(H,15,17). The van der Waals surface area contributed by atoms with Crippen LogP contribution in [-0.2, 0) is 5.66 Å². The molecule has 1 saturated carbocycles. The lowest BCUT2D eigenvalue weighted by atomic mass is 9.89. The number of hydrogen-bond acceptors (Lipinski definition) is 3. The molecule has 0 saturated heterocycles. The Balaban J connectivity index is 2.29. The molecule has 0 aromatic carbocycles. The number of carbonyl (C=O) groups is 1. The van der Waals surface area contributed by atoms with Crippen molar-refractivity contribution in [2.75, 3.05) is 5.73 Å². The van der Waals surface area contributed by atoms with E-state index in [4.69, 9.17) is 17.3 Å². The van der Waals surface area contributed by atoms with E-state index in [9.17, 15) is 9.59 Å². The van der Waals surface area contributed by atoms with Crippen molar-refractivity contribution in [3.8, 4) is 0 Å². The van der Waals surface area contributed by atoms with Gasteiger partial charge in [-0.15, -0.1) is 0 Å². The van der Waals surface area contributed by atoms with Crippen LogP contribution in [0.25, 0.3) is 0 Å². The number of rotatable bonds is 0. The molecular weight excluding hydrogens is 254 g/mol. The van der Waals surface area contributed by atoms with E-state index in [0.717, 1.165) is 32.1 Å². The van der Waals surface area contributed by atoms with Crippen LogP contribution in [0.15, 0.2) is 10.9 Å². The van der Waals surface area contributed by atoms with Crippen molar-refractivity contribution in [3.05, 3.63) is 27.1 Å². The lowest BCUT2D eigenvalue weighted by Gasteiger charge is -2.35. The van der Waals surface area contributed by atoms with Crippen molar-refractivity contribution in [1.29, 1.82) is 0 Å². The fraction of sp³-hybridized carbons (Fsp3) is 0.500. The van der Waals surface area contributed by atoms with Crippen molar-refractivity contribution in [1.82, 2.24) is 9.88 Å². The molecule has 1 aliphatic heterocycles. The second kappa shape index (κ2) is 3.75. The number of anilines is 1. The Bertz CT molecular complexity index is 588. The highest BCUT2D eigenvalue weighted by Gasteiger charge is 2.45. The molecule has 0 radical (unpaired) electrons. The normalized spacial score (nSPS) is 20.8. The summed E-state index contributed by atoms with van der Waals surface area (Å²) in [6.07, 6.45) is 4.60. The summed E-state index contributed by atoms with van der Waals surface area (Å²) < 4.78 is 1.48. The molecule has 1 aromatic rings. The second-order valence-electron chi connectivity index (χ2n) is 4.98. The van der Waals surface area contributed by atoms with Crippen molar-refractivity contribution < 1.29 is 4.79 Å². The summed E-state index contributed by atoms with van der Waals surface area (Å²) in [6, 6.07) is 1.36. The fourth-order valence-electron chi connectivity index (χ4n) is 3.03. The Morgan fingerprint density at radius 2 is 1.94 bits per heavy atom. The second-order valence-corrected chi connectivity index (χ2v) is 5.39. The highest BCUT2D eigenvalue weighted by molar-refractivity contribution is 6.34. The molecule has 3 N–H and O–H groups in total. The van der Waals surface area contributed by atoms with Gasteiger partial charge in [0.25, 0.3) is 11.5 Å². The van der Waals surface area contributed by atoms with Gasteiger partial charge in [0.2, 0.25) is 0 Å². The number of carbonyl (C=O) groups excluding carboxylic acids is 1. The Morgan fingerprint density at radius 3 is 2.61 bits per heavy atom. The molecule has 18 heavy (non-hydrogen) atoms. The van der Waals surface area contributed by atoms with Crippen molar-refractivity contribution in [2.24, 2.45) is 0 Å². The van der Waals surface area contributed by atoms with Crippen LogP contribution in [0.2, 0.25) is 5.02 Å². The van der Waals surface area contributed by atoms with E-state index >= 15 is 0 Å². The third-order valence-electron chi connectivity index (χ3n) is 3.85. The van der Waals surface area contributed by atoms with Gasteiger partial charge in [0.05, 0.1) is 10.7 Å². The number of nitrogens with one attached hydrogen (secondary N) is 1. The third kappa shape index (κ3) is 1.40. The van der Waals surface area contributed by atoms with Gasteiger partial charge in [-0.25, -0.2) is 0 Å². The Morgan fingerprint density at radius 1 is 1.28 bits per heavy atom. The van der Waals surface area contributed by atoms with Gasteiger partial charge in [-0.3, -0.25) is 14.2 Å². The third-order valence-corrected chi connectivity index (χ3v) is 4.14. The topological polar surface area (TPSA) is 77.1 Å². The molecule has 5 nitrogen and oxygen atoms in total. The summed E-state index contributed by atoms with van der Waals surface area (Å²) in [5.74, 6) is -0.279. The van der Waals surface area contributed by atoms with Gasteiger partial charge in [0.15, 0.2) is 0 Å². The van der Waals surface area contributed by atoms with Crippen LogP contribution in [-0.4, -0.2) is 10.5 Å². The van der Waals surface area contributed by atoms with E-state index in [1.807, 2.05) is 0 Å². The molecule has 1 aliphatic carbocycles. The van der Waals surface area contributed by atoms with Crippen molar-refractivity contribution in [3.63, 3.8) is 0 Å². The van der Waals surface area contributed by atoms with Crippen LogP contribution >= 0.6 is 11.6 Å². The molecule has 1 aromatic heterocycles. The summed E-state index contributed by atoms with van der Waals surface area (Å²) in [7, 11) is 0. The first-order valence-electron chi connectivity index (χ1n) is 6.09. The number of nitrogens with two attached hydrogens (primary N) is 1. The summed E-state index contributed by atoms with van der Waals surface area (Å²) in [5, 5.41) is 3.17. The lowest BCUT2D eigenvalue weighted by molar-refractivity contribution is 0.0877. The minimum absolute atomic E-state index is 0.0881. The number of hydrogen-bond donors (Lipinski definition) is 2. The van der Waals surface area contributed by atoms with Crippen LogP contribution in [0, 0.1) is 0 Å². The van der Waals surface area contributed by atoms with E-state index in [1.54, 1.807) is 0 Å². The monoisotopic (exact) mass is 267 g/mol. The van der Waals surface area contributed by atoms with Crippen LogP contribution < -0.4 is 16.6 Å². The average Bonchev–Trinajstić information content (AvgIpc) is 2.60. The van der Waals surface area contributed by atoms with E-state index in [-0.39, 0.29) is 27.9 Å². The molecule has 0 atom stereocenters. The van der Waals surface area contributed by atoms with Gasteiger partial charge in [0, 0.05) is 0 Å². The zero-order valence-corrected chi connectivity index (χ0v) is 10.6. The molecule has 2 aliphatic rings. The molecule has 0 bridgehead atoms. The quantitative estimate of drug-likeness (QED) is 0.747. The molecule has 3 rings (SSSR count). The summed E-state index contributed by atoms with van der Waals surface area (Å²) in [6.45, 7) is 0. The molecule has 2 heterocycles. The van der Waals surface area contributed by atoms with Crippen LogP contribution in [0.4, 0.5) is 5.69 Å². The maximum Gasteiger partial charge on any atom is 0.276 e. The smallest absolute Gasteiger partial charge is 0.276 e. The highest BCUT2D eigenvalue weighted by Crippen LogP contribution is 2.38. The summed E-state index contributed by atoms with van der Waals surface area (Å²) >= 11 is 6.04. The van der Waals surface area contributed by atoms with Crippen molar-refractivity contribution >= 4 is 23.2 Å². The van der Waals surface area contributed by atoms with Gasteiger partial charge in [-0.2, -0.15) is 0 Å². The molecule has 6 heteroatoms. The summed E-state index contributed by atoms with van der Waals surface area (Å²) in [4.78, 5) is 24.2. The van der Waals surface area contributed by atoms with Gasteiger partial charge in [-0.1, -0.05) is 18.0 Å². The number of fused-ring (bicyclic) bond motifs is 2. The fourth-order valence-corrected chi connectivity index (χ4v) is 3.32.